The average molecular weight is 1260 g/mol. The number of fused-ring (bicyclic) bond motifs is 4. The minimum absolute atomic E-state index is 0.966. The van der Waals surface area contributed by atoms with Gasteiger partial charge in [0, 0.05) is 136 Å². The standard InChI is InChI=1S/C92H100N4/c1-5-9-13-17-21-25-29-61-93-81-57-49-69-45-46-70-50-58-82-78(66-70)90-74(38-34-42-86(90)94(82)62-30-26-22-18-14-10-6-2)54-48-72-52-60-84-80(68-72)92-76(40-36-44-88(92)96(84)64-32-28-24-20-16-12-8-4)56-55-75-39-35-43-87-91(75)79-67-71(47-53-73-37-33-41-85(93)89(73)77(81)65-69)51-59-83(79)95(87)63-31-27-23-19-15-11-7-3/h33-44,49-52,57-60,65-68H,5-32,61-64H2,1-4H3. The Morgan fingerprint density at radius 2 is 0.417 bits per heavy atom. The minimum Gasteiger partial charge on any atom is -0.340 e. The molecule has 0 spiro atoms. The normalized spacial score (nSPS) is 12.0. The zero-order valence-electron chi connectivity index (χ0n) is 58.3. The fourth-order valence-electron chi connectivity index (χ4n) is 15.8. The molecule has 4 aromatic heterocycles. The van der Waals surface area contributed by atoms with Crippen molar-refractivity contribution >= 4 is 87.2 Å². The molecule has 8 bridgehead atoms. The van der Waals surface area contributed by atoms with E-state index >= 15 is 0 Å². The second-order valence-electron chi connectivity index (χ2n) is 27.8. The first-order valence-electron chi connectivity index (χ1n) is 37.8. The van der Waals surface area contributed by atoms with Gasteiger partial charge in [0.2, 0.25) is 0 Å². The monoisotopic (exact) mass is 1260 g/mol. The van der Waals surface area contributed by atoms with Crippen LogP contribution in [0, 0.1) is 47.4 Å². The molecule has 0 saturated heterocycles. The number of benzene rings is 8. The predicted octanol–water partition coefficient (Wildman–Crippen LogP) is 25.0. The lowest BCUT2D eigenvalue weighted by atomic mass is 10.0. The molecule has 0 unspecified atom stereocenters. The van der Waals surface area contributed by atoms with Gasteiger partial charge < -0.3 is 18.3 Å². The molecule has 0 saturated carbocycles. The van der Waals surface area contributed by atoms with Crippen LogP contribution in [-0.4, -0.2) is 18.3 Å². The summed E-state index contributed by atoms with van der Waals surface area (Å²) in [6, 6.07) is 54.8. The summed E-state index contributed by atoms with van der Waals surface area (Å²) in [5.41, 5.74) is 18.2. The first kappa shape index (κ1) is 65.8. The van der Waals surface area contributed by atoms with Gasteiger partial charge in [-0.15, -0.1) is 0 Å². The van der Waals surface area contributed by atoms with Gasteiger partial charge in [0.05, 0.1) is 22.1 Å². The van der Waals surface area contributed by atoms with Gasteiger partial charge >= 0.3 is 0 Å². The summed E-state index contributed by atoms with van der Waals surface area (Å²) in [5.74, 6) is 30.3. The van der Waals surface area contributed by atoms with Gasteiger partial charge in [-0.1, -0.05) is 253 Å². The average Bonchev–Trinajstić information content (AvgIpc) is 1.62. The molecule has 0 radical (unpaired) electrons. The van der Waals surface area contributed by atoms with Crippen molar-refractivity contribution in [1.29, 1.82) is 0 Å². The summed E-state index contributed by atoms with van der Waals surface area (Å²) in [4.78, 5) is 0. The molecule has 0 fully saturated rings. The maximum Gasteiger partial charge on any atom is 0.0504 e. The van der Waals surface area contributed by atoms with E-state index < -0.39 is 0 Å². The second-order valence-corrected chi connectivity index (χ2v) is 27.8. The quantitative estimate of drug-likeness (QED) is 0.0296. The molecule has 0 N–H and O–H groups in total. The highest BCUT2D eigenvalue weighted by atomic mass is 15.0. The van der Waals surface area contributed by atoms with Crippen molar-refractivity contribution in [3.8, 4) is 47.4 Å². The highest BCUT2D eigenvalue weighted by molar-refractivity contribution is 6.15. The van der Waals surface area contributed by atoms with E-state index in [1.165, 1.54) is 241 Å². The summed E-state index contributed by atoms with van der Waals surface area (Å²) in [5, 5.41) is 9.69. The highest BCUT2D eigenvalue weighted by Gasteiger charge is 2.20. The lowest BCUT2D eigenvalue weighted by Crippen LogP contribution is -1.98. The fourth-order valence-corrected chi connectivity index (χ4v) is 15.8. The maximum absolute atomic E-state index is 3.88. The number of rotatable bonds is 32. The van der Waals surface area contributed by atoms with E-state index in [0.29, 0.717) is 0 Å². The van der Waals surface area contributed by atoms with Crippen LogP contribution in [0.3, 0.4) is 0 Å². The molecule has 0 amide bonds. The van der Waals surface area contributed by atoms with Gasteiger partial charge in [-0.2, -0.15) is 0 Å². The van der Waals surface area contributed by atoms with E-state index in [1.54, 1.807) is 0 Å². The molecule has 4 nitrogen and oxygen atoms in total. The van der Waals surface area contributed by atoms with Crippen molar-refractivity contribution < 1.29 is 0 Å². The van der Waals surface area contributed by atoms with Crippen molar-refractivity contribution in [1.82, 2.24) is 18.3 Å². The van der Waals surface area contributed by atoms with Crippen molar-refractivity contribution in [2.45, 2.75) is 234 Å². The molecular weight excluding hydrogens is 1160 g/mol. The molecule has 4 heterocycles. The zero-order valence-corrected chi connectivity index (χ0v) is 58.3. The van der Waals surface area contributed by atoms with Crippen molar-refractivity contribution in [3.63, 3.8) is 0 Å². The summed E-state index contributed by atoms with van der Waals surface area (Å²) in [7, 11) is 0. The Labute approximate surface area is 573 Å². The van der Waals surface area contributed by atoms with Crippen LogP contribution >= 0.6 is 0 Å². The largest absolute Gasteiger partial charge is 0.340 e. The first-order valence-corrected chi connectivity index (χ1v) is 37.8. The van der Waals surface area contributed by atoms with E-state index in [0.717, 1.165) is 96.4 Å². The van der Waals surface area contributed by atoms with Gasteiger partial charge in [-0.05, 0) is 147 Å². The SMILES string of the molecule is CCCCCCCCCn1c2ccc3cc2c2c(cccc21)C#Cc1ccc2c(c1)c1c(cccc1n2CCCCCCCCC)C#Cc1cccc2c1c1cc(ccc1n2CCCCCCCCC)C#Cc1cccc2c1c1cc(ccc1n2CCCCCCCCC)C#C3. The molecule has 0 atom stereocenters. The number of aryl methyl sites for hydroxylation is 4. The number of aromatic nitrogens is 4. The predicted molar refractivity (Wildman–Crippen MR) is 414 cm³/mol. The number of hydrogen-bond acceptors (Lipinski definition) is 0. The van der Waals surface area contributed by atoms with E-state index in [-0.39, 0.29) is 0 Å². The lowest BCUT2D eigenvalue weighted by molar-refractivity contribution is 0.561. The van der Waals surface area contributed by atoms with Crippen LogP contribution in [0.4, 0.5) is 0 Å². The lowest BCUT2D eigenvalue weighted by Gasteiger charge is -2.08. The van der Waals surface area contributed by atoms with Gasteiger partial charge in [-0.3, -0.25) is 0 Å². The second kappa shape index (κ2) is 32.3. The summed E-state index contributed by atoms with van der Waals surface area (Å²) < 4.78 is 10.3. The Balaban J connectivity index is 0.988. The molecular formula is C92H100N4. The van der Waals surface area contributed by atoms with Crippen LogP contribution in [0.2, 0.25) is 0 Å². The molecule has 96 heavy (non-hydrogen) atoms. The Morgan fingerprint density at radius 3 is 0.656 bits per heavy atom. The fraction of sp³-hybridized carbons (Fsp3) is 0.391. The molecule has 1 aliphatic rings. The summed E-state index contributed by atoms with van der Waals surface area (Å²) >= 11 is 0. The molecule has 13 rings (SSSR count). The number of unbranched alkanes of at least 4 members (excludes halogenated alkanes) is 24. The molecule has 0 aliphatic heterocycles. The van der Waals surface area contributed by atoms with E-state index in [1.807, 2.05) is 0 Å². The van der Waals surface area contributed by atoms with E-state index in [2.05, 4.69) is 239 Å². The van der Waals surface area contributed by atoms with E-state index in [4.69, 9.17) is 0 Å². The van der Waals surface area contributed by atoms with Crippen molar-refractivity contribution in [3.05, 3.63) is 190 Å². The van der Waals surface area contributed by atoms with Crippen LogP contribution in [0.5, 0.6) is 0 Å². The Hall–Kier alpha value is -8.80. The molecule has 12 aromatic rings. The molecule has 1 aliphatic carbocycles. The van der Waals surface area contributed by atoms with Crippen molar-refractivity contribution in [2.75, 3.05) is 0 Å². The third kappa shape index (κ3) is 14.6. The van der Waals surface area contributed by atoms with Crippen LogP contribution < -0.4 is 0 Å². The summed E-state index contributed by atoms with van der Waals surface area (Å²) in [6.45, 7) is 13.1. The molecule has 4 heteroatoms. The Bertz CT molecular complexity index is 4690. The number of hydrogen-bond donors (Lipinski definition) is 0. The third-order valence-corrected chi connectivity index (χ3v) is 20.9. The number of nitrogens with zero attached hydrogens (tertiary/aromatic N) is 4. The third-order valence-electron chi connectivity index (χ3n) is 20.9. The maximum atomic E-state index is 3.88. The van der Waals surface area contributed by atoms with Gasteiger partial charge in [0.25, 0.3) is 0 Å². The van der Waals surface area contributed by atoms with E-state index in [9.17, 15) is 0 Å². The van der Waals surface area contributed by atoms with Gasteiger partial charge in [-0.25, -0.2) is 0 Å². The topological polar surface area (TPSA) is 19.7 Å². The van der Waals surface area contributed by atoms with Crippen LogP contribution in [-0.2, 0) is 26.2 Å². The van der Waals surface area contributed by atoms with Crippen LogP contribution in [0.1, 0.15) is 252 Å². The summed E-state index contributed by atoms with van der Waals surface area (Å²) in [6.07, 6.45) is 35.6. The van der Waals surface area contributed by atoms with Gasteiger partial charge in [0.1, 0.15) is 0 Å². The Kier molecular flexibility index (Phi) is 22.1. The molecule has 488 valence electrons. The van der Waals surface area contributed by atoms with Crippen molar-refractivity contribution in [2.24, 2.45) is 0 Å². The smallest absolute Gasteiger partial charge is 0.0504 e. The zero-order chi connectivity index (χ0) is 65.4. The first-order chi connectivity index (χ1) is 47.5. The highest BCUT2D eigenvalue weighted by Crippen LogP contribution is 2.38. The van der Waals surface area contributed by atoms with Crippen LogP contribution in [0.25, 0.3) is 87.2 Å². The Morgan fingerprint density at radius 1 is 0.208 bits per heavy atom. The van der Waals surface area contributed by atoms with Crippen LogP contribution in [0.15, 0.2) is 146 Å². The molecule has 8 aromatic carbocycles. The van der Waals surface area contributed by atoms with Gasteiger partial charge in [0.15, 0.2) is 0 Å². The minimum atomic E-state index is 0.966.